The number of hydrogen-bond donors (Lipinski definition) is 2. The lowest BCUT2D eigenvalue weighted by Crippen LogP contribution is -2.37. The number of aromatic amines is 1. The fourth-order valence-electron chi connectivity index (χ4n) is 1.39. The molecule has 1 atom stereocenters. The molecule has 1 aromatic rings. The molecule has 1 aromatic heterocycles. The fraction of sp³-hybridized carbons (Fsp3) is 0.667. The van der Waals surface area contributed by atoms with E-state index in [1.54, 1.807) is 0 Å². The number of rotatable bonds is 6. The molecule has 0 aliphatic heterocycles. The standard InChI is InChI=1S/C9H16ClN3O2S/c1-7(2)5-8(6-10)13-16(14,15)9-3-4-11-12-9/h3-4,7-8,13H,5-6H2,1-2H3,(H,11,12). The summed E-state index contributed by atoms with van der Waals surface area (Å²) in [7, 11) is -3.53. The first-order chi connectivity index (χ1) is 7.45. The van der Waals surface area contributed by atoms with Crippen molar-refractivity contribution in [2.75, 3.05) is 5.88 Å². The lowest BCUT2D eigenvalue weighted by molar-refractivity contribution is 0.484. The first kappa shape index (κ1) is 13.5. The maximum atomic E-state index is 11.8. The third-order valence-electron chi connectivity index (χ3n) is 2.03. The molecule has 0 saturated heterocycles. The normalized spacial score (nSPS) is 14.2. The summed E-state index contributed by atoms with van der Waals surface area (Å²) in [6.07, 6.45) is 2.10. The predicted octanol–water partition coefficient (Wildman–Crippen LogP) is 1.34. The van der Waals surface area contributed by atoms with E-state index in [4.69, 9.17) is 11.6 Å². The topological polar surface area (TPSA) is 74.8 Å². The number of nitrogens with zero attached hydrogens (tertiary/aromatic N) is 1. The van der Waals surface area contributed by atoms with Crippen LogP contribution in [0.3, 0.4) is 0 Å². The Morgan fingerprint density at radius 1 is 1.56 bits per heavy atom. The lowest BCUT2D eigenvalue weighted by atomic mass is 10.1. The van der Waals surface area contributed by atoms with Crippen LogP contribution >= 0.6 is 11.6 Å². The molecular formula is C9H16ClN3O2S. The number of hydrogen-bond acceptors (Lipinski definition) is 3. The smallest absolute Gasteiger partial charge is 0.257 e. The predicted molar refractivity (Wildman–Crippen MR) is 62.9 cm³/mol. The van der Waals surface area contributed by atoms with Crippen molar-refractivity contribution in [3.8, 4) is 0 Å². The van der Waals surface area contributed by atoms with Gasteiger partial charge >= 0.3 is 0 Å². The quantitative estimate of drug-likeness (QED) is 0.763. The van der Waals surface area contributed by atoms with Crippen LogP contribution < -0.4 is 4.72 Å². The molecule has 1 heterocycles. The highest BCUT2D eigenvalue weighted by Crippen LogP contribution is 2.10. The summed E-state index contributed by atoms with van der Waals surface area (Å²) < 4.78 is 26.2. The second kappa shape index (κ2) is 5.65. The van der Waals surface area contributed by atoms with Gasteiger partial charge in [-0.2, -0.15) is 5.10 Å². The van der Waals surface area contributed by atoms with Gasteiger partial charge in [-0.3, -0.25) is 5.10 Å². The number of aromatic nitrogens is 2. The van der Waals surface area contributed by atoms with E-state index in [1.807, 2.05) is 13.8 Å². The molecular weight excluding hydrogens is 250 g/mol. The molecule has 0 aromatic carbocycles. The number of halogens is 1. The Balaban J connectivity index is 2.71. The molecule has 0 bridgehead atoms. The van der Waals surface area contributed by atoms with Gasteiger partial charge in [0.2, 0.25) is 0 Å². The van der Waals surface area contributed by atoms with Crippen LogP contribution in [-0.4, -0.2) is 30.5 Å². The van der Waals surface area contributed by atoms with E-state index in [1.165, 1.54) is 12.3 Å². The molecule has 2 N–H and O–H groups in total. The summed E-state index contributed by atoms with van der Waals surface area (Å²) in [5.74, 6) is 0.638. The third-order valence-corrected chi connectivity index (χ3v) is 3.85. The van der Waals surface area contributed by atoms with Crippen molar-refractivity contribution in [3.63, 3.8) is 0 Å². The summed E-state index contributed by atoms with van der Waals surface area (Å²) in [5, 5.41) is 6.08. The average molecular weight is 266 g/mol. The van der Waals surface area contributed by atoms with E-state index in [-0.39, 0.29) is 16.9 Å². The largest absolute Gasteiger partial charge is 0.266 e. The van der Waals surface area contributed by atoms with Crippen molar-refractivity contribution in [2.45, 2.75) is 31.3 Å². The van der Waals surface area contributed by atoms with E-state index in [0.29, 0.717) is 12.3 Å². The van der Waals surface area contributed by atoms with Crippen LogP contribution in [-0.2, 0) is 10.0 Å². The van der Waals surface area contributed by atoms with Crippen LogP contribution in [0.2, 0.25) is 0 Å². The van der Waals surface area contributed by atoms with Crippen LogP contribution in [0.25, 0.3) is 0 Å². The zero-order chi connectivity index (χ0) is 12.2. The summed E-state index contributed by atoms with van der Waals surface area (Å²) in [6, 6.07) is 1.15. The molecule has 16 heavy (non-hydrogen) atoms. The molecule has 92 valence electrons. The Hall–Kier alpha value is -0.590. The first-order valence-corrected chi connectivity index (χ1v) is 7.05. The van der Waals surface area contributed by atoms with Crippen LogP contribution in [0, 0.1) is 5.92 Å². The molecule has 0 aliphatic rings. The molecule has 0 saturated carbocycles. The van der Waals surface area contributed by atoms with E-state index in [0.717, 1.165) is 0 Å². The summed E-state index contributed by atoms with van der Waals surface area (Å²) in [5.41, 5.74) is 0. The maximum Gasteiger partial charge on any atom is 0.257 e. The highest BCUT2D eigenvalue weighted by molar-refractivity contribution is 7.89. The molecule has 5 nitrogen and oxygen atoms in total. The Morgan fingerprint density at radius 3 is 2.69 bits per heavy atom. The summed E-state index contributed by atoms with van der Waals surface area (Å²) in [6.45, 7) is 4.04. The minimum atomic E-state index is -3.53. The Labute approximate surface area is 101 Å². The third kappa shape index (κ3) is 3.77. The van der Waals surface area contributed by atoms with Gasteiger partial charge in [0.15, 0.2) is 5.03 Å². The molecule has 1 rings (SSSR count). The van der Waals surface area contributed by atoms with Gasteiger partial charge in [0.1, 0.15) is 0 Å². The lowest BCUT2D eigenvalue weighted by Gasteiger charge is -2.17. The molecule has 0 spiro atoms. The van der Waals surface area contributed by atoms with E-state index < -0.39 is 10.0 Å². The van der Waals surface area contributed by atoms with Crippen LogP contribution in [0.4, 0.5) is 0 Å². The number of sulfonamides is 1. The van der Waals surface area contributed by atoms with Gasteiger partial charge in [0.25, 0.3) is 10.0 Å². The van der Waals surface area contributed by atoms with Crippen molar-refractivity contribution in [3.05, 3.63) is 12.3 Å². The molecule has 7 heteroatoms. The maximum absolute atomic E-state index is 11.8. The Kier molecular flexibility index (Phi) is 4.76. The van der Waals surface area contributed by atoms with E-state index in [2.05, 4.69) is 14.9 Å². The fourth-order valence-corrected chi connectivity index (χ4v) is 2.84. The second-order valence-corrected chi connectivity index (χ2v) is 6.01. The minimum Gasteiger partial charge on any atom is -0.266 e. The van der Waals surface area contributed by atoms with Gasteiger partial charge < -0.3 is 0 Å². The molecule has 0 radical (unpaired) electrons. The zero-order valence-corrected chi connectivity index (χ0v) is 10.8. The minimum absolute atomic E-state index is 0.0615. The average Bonchev–Trinajstić information content (AvgIpc) is 2.68. The van der Waals surface area contributed by atoms with Crippen LogP contribution in [0.5, 0.6) is 0 Å². The van der Waals surface area contributed by atoms with Gasteiger partial charge in [0.05, 0.1) is 6.20 Å². The molecule has 0 aliphatic carbocycles. The van der Waals surface area contributed by atoms with Crippen molar-refractivity contribution >= 4 is 21.6 Å². The zero-order valence-electron chi connectivity index (χ0n) is 9.27. The highest BCUT2D eigenvalue weighted by Gasteiger charge is 2.21. The van der Waals surface area contributed by atoms with E-state index >= 15 is 0 Å². The van der Waals surface area contributed by atoms with Crippen molar-refractivity contribution in [1.29, 1.82) is 0 Å². The second-order valence-electron chi connectivity index (χ2n) is 4.02. The highest BCUT2D eigenvalue weighted by atomic mass is 35.5. The van der Waals surface area contributed by atoms with Crippen molar-refractivity contribution in [1.82, 2.24) is 14.9 Å². The van der Waals surface area contributed by atoms with Gasteiger partial charge in [-0.25, -0.2) is 13.1 Å². The number of H-pyrrole nitrogens is 1. The van der Waals surface area contributed by atoms with Crippen molar-refractivity contribution < 1.29 is 8.42 Å². The van der Waals surface area contributed by atoms with Gasteiger partial charge in [-0.05, 0) is 18.4 Å². The Bertz CT molecular complexity index is 402. The SMILES string of the molecule is CC(C)CC(CCl)NS(=O)(=O)c1ccn[nH]1. The van der Waals surface area contributed by atoms with E-state index in [9.17, 15) is 8.42 Å². The number of nitrogens with one attached hydrogen (secondary N) is 2. The molecule has 1 unspecified atom stereocenters. The van der Waals surface area contributed by atoms with Crippen molar-refractivity contribution in [2.24, 2.45) is 5.92 Å². The van der Waals surface area contributed by atoms with Gasteiger partial charge in [-0.1, -0.05) is 13.8 Å². The van der Waals surface area contributed by atoms with Crippen LogP contribution in [0.15, 0.2) is 17.3 Å². The van der Waals surface area contributed by atoms with Gasteiger partial charge in [0, 0.05) is 11.9 Å². The first-order valence-electron chi connectivity index (χ1n) is 5.03. The van der Waals surface area contributed by atoms with Crippen LogP contribution in [0.1, 0.15) is 20.3 Å². The van der Waals surface area contributed by atoms with Gasteiger partial charge in [-0.15, -0.1) is 11.6 Å². The monoisotopic (exact) mass is 265 g/mol. The molecule has 0 amide bonds. The summed E-state index contributed by atoms with van der Waals surface area (Å²) >= 11 is 5.73. The summed E-state index contributed by atoms with van der Waals surface area (Å²) in [4.78, 5) is 0. The number of alkyl halides is 1. The Morgan fingerprint density at radius 2 is 2.25 bits per heavy atom. The molecule has 0 fully saturated rings.